The lowest BCUT2D eigenvalue weighted by atomic mass is 10.1. The molecule has 1 N–H and O–H groups in total. The Hall–Kier alpha value is -3.16. The summed E-state index contributed by atoms with van der Waals surface area (Å²) >= 11 is 0. The van der Waals surface area contributed by atoms with Gasteiger partial charge in [0.1, 0.15) is 0 Å². The minimum atomic E-state index is -1.49. The van der Waals surface area contributed by atoms with E-state index in [0.29, 0.717) is 5.69 Å². The molecule has 1 aromatic heterocycles. The van der Waals surface area contributed by atoms with Crippen molar-refractivity contribution in [2.45, 2.75) is 40.2 Å². The Labute approximate surface area is 163 Å². The molecular formula is C20H25N3O5. The number of esters is 2. The van der Waals surface area contributed by atoms with Gasteiger partial charge in [-0.2, -0.15) is 5.10 Å². The lowest BCUT2D eigenvalue weighted by molar-refractivity contribution is -0.159. The zero-order chi connectivity index (χ0) is 20.7. The number of para-hydroxylation sites is 1. The minimum Gasteiger partial charge on any atom is -0.464 e. The van der Waals surface area contributed by atoms with Crippen LogP contribution in [0.15, 0.2) is 30.3 Å². The van der Waals surface area contributed by atoms with E-state index in [4.69, 9.17) is 9.47 Å². The van der Waals surface area contributed by atoms with Crippen LogP contribution in [0.1, 0.15) is 30.8 Å². The molecule has 28 heavy (non-hydrogen) atoms. The van der Waals surface area contributed by atoms with E-state index in [-0.39, 0.29) is 19.6 Å². The molecule has 0 saturated carbocycles. The zero-order valence-corrected chi connectivity index (χ0v) is 16.5. The Morgan fingerprint density at radius 2 is 1.61 bits per heavy atom. The fourth-order valence-corrected chi connectivity index (χ4v) is 2.79. The molecule has 2 rings (SSSR count). The summed E-state index contributed by atoms with van der Waals surface area (Å²) in [6, 6.07) is 8.07. The predicted octanol–water partition coefficient (Wildman–Crippen LogP) is 1.64. The van der Waals surface area contributed by atoms with Crippen molar-refractivity contribution in [3.63, 3.8) is 0 Å². The van der Waals surface area contributed by atoms with Crippen LogP contribution >= 0.6 is 0 Å². The van der Waals surface area contributed by atoms with Gasteiger partial charge in [-0.1, -0.05) is 18.2 Å². The summed E-state index contributed by atoms with van der Waals surface area (Å²) in [5.41, 5.74) is 3.11. The Bertz CT molecular complexity index is 827. The number of aromatic nitrogens is 2. The summed E-state index contributed by atoms with van der Waals surface area (Å²) in [6.07, 6.45) is -0.0280. The number of carbonyl (C=O) groups is 3. The topological polar surface area (TPSA) is 99.5 Å². The second-order valence-electron chi connectivity index (χ2n) is 6.08. The normalized spacial score (nSPS) is 10.6. The van der Waals surface area contributed by atoms with Gasteiger partial charge in [-0.3, -0.25) is 4.79 Å². The summed E-state index contributed by atoms with van der Waals surface area (Å²) in [5, 5.41) is 6.91. The molecule has 0 atom stereocenters. The van der Waals surface area contributed by atoms with Crippen LogP contribution in [-0.2, 0) is 30.3 Å². The molecule has 0 bridgehead atoms. The molecule has 0 radical (unpaired) electrons. The summed E-state index contributed by atoms with van der Waals surface area (Å²) in [7, 11) is 0. The third-order valence-electron chi connectivity index (χ3n) is 4.13. The highest BCUT2D eigenvalue weighted by Gasteiger charge is 2.31. The highest BCUT2D eigenvalue weighted by atomic mass is 16.6. The van der Waals surface area contributed by atoms with E-state index in [1.807, 2.05) is 44.2 Å². The van der Waals surface area contributed by atoms with E-state index >= 15 is 0 Å². The third kappa shape index (κ3) is 4.97. The van der Waals surface area contributed by atoms with Gasteiger partial charge in [0.05, 0.1) is 31.0 Å². The largest absolute Gasteiger partial charge is 0.464 e. The average molecular weight is 387 g/mol. The van der Waals surface area contributed by atoms with Gasteiger partial charge in [-0.25, -0.2) is 14.3 Å². The van der Waals surface area contributed by atoms with Gasteiger partial charge in [0.15, 0.2) is 0 Å². The molecule has 0 aliphatic heterocycles. The van der Waals surface area contributed by atoms with Crippen LogP contribution < -0.4 is 5.32 Å². The van der Waals surface area contributed by atoms with Crippen molar-refractivity contribution in [2.75, 3.05) is 13.2 Å². The fraction of sp³-hybridized carbons (Fsp3) is 0.400. The summed E-state index contributed by atoms with van der Waals surface area (Å²) < 4.78 is 11.5. The Balaban J connectivity index is 2.18. The maximum atomic E-state index is 12.5. The van der Waals surface area contributed by atoms with Crippen LogP contribution in [0.25, 0.3) is 5.69 Å². The van der Waals surface area contributed by atoms with Gasteiger partial charge < -0.3 is 14.8 Å². The van der Waals surface area contributed by atoms with E-state index in [2.05, 4.69) is 10.4 Å². The van der Waals surface area contributed by atoms with Crippen molar-refractivity contribution in [1.82, 2.24) is 15.1 Å². The van der Waals surface area contributed by atoms with Crippen LogP contribution in [0.5, 0.6) is 0 Å². The smallest absolute Gasteiger partial charge is 0.340 e. The lowest BCUT2D eigenvalue weighted by Crippen LogP contribution is -2.48. The number of benzene rings is 1. The molecule has 150 valence electrons. The Morgan fingerprint density at radius 1 is 1.04 bits per heavy atom. The van der Waals surface area contributed by atoms with E-state index in [9.17, 15) is 14.4 Å². The van der Waals surface area contributed by atoms with Gasteiger partial charge in [0.25, 0.3) is 0 Å². The molecule has 0 unspecified atom stereocenters. The minimum absolute atomic E-state index is 0.0280. The monoisotopic (exact) mass is 387 g/mol. The molecule has 0 saturated heterocycles. The van der Waals surface area contributed by atoms with Crippen molar-refractivity contribution in [3.05, 3.63) is 47.3 Å². The molecular weight excluding hydrogens is 362 g/mol. The first kappa shape index (κ1) is 21.1. The summed E-state index contributed by atoms with van der Waals surface area (Å²) in [6.45, 7) is 7.09. The fourth-order valence-electron chi connectivity index (χ4n) is 2.79. The second-order valence-corrected chi connectivity index (χ2v) is 6.08. The molecule has 8 heteroatoms. The van der Waals surface area contributed by atoms with Gasteiger partial charge >= 0.3 is 11.9 Å². The Morgan fingerprint density at radius 3 is 2.14 bits per heavy atom. The van der Waals surface area contributed by atoms with Gasteiger partial charge in [0, 0.05) is 11.3 Å². The molecule has 0 spiro atoms. The first-order valence-corrected chi connectivity index (χ1v) is 9.12. The molecule has 0 aliphatic rings. The molecule has 1 heterocycles. The SMILES string of the molecule is CCOC(=O)C(NC(=O)Cc1c(C)nn(-c2ccccc2)c1C)C(=O)OCC. The number of ether oxygens (including phenoxy) is 2. The molecule has 1 amide bonds. The summed E-state index contributed by atoms with van der Waals surface area (Å²) in [4.78, 5) is 36.6. The first-order chi connectivity index (χ1) is 13.4. The van der Waals surface area contributed by atoms with E-state index in [0.717, 1.165) is 16.9 Å². The van der Waals surface area contributed by atoms with E-state index in [1.165, 1.54) is 0 Å². The van der Waals surface area contributed by atoms with Gasteiger partial charge in [-0.05, 0) is 39.8 Å². The quantitative estimate of drug-likeness (QED) is 0.546. The van der Waals surface area contributed by atoms with Crippen molar-refractivity contribution in [3.8, 4) is 5.69 Å². The first-order valence-electron chi connectivity index (χ1n) is 9.12. The van der Waals surface area contributed by atoms with Crippen LogP contribution in [0.2, 0.25) is 0 Å². The zero-order valence-electron chi connectivity index (χ0n) is 16.5. The number of nitrogens with zero attached hydrogens (tertiary/aromatic N) is 2. The van der Waals surface area contributed by atoms with Gasteiger partial charge in [-0.15, -0.1) is 0 Å². The number of hydrogen-bond acceptors (Lipinski definition) is 6. The number of hydrogen-bond donors (Lipinski definition) is 1. The van der Waals surface area contributed by atoms with Gasteiger partial charge in [0.2, 0.25) is 11.9 Å². The van der Waals surface area contributed by atoms with Crippen LogP contribution in [0, 0.1) is 13.8 Å². The highest BCUT2D eigenvalue weighted by molar-refractivity contribution is 6.02. The van der Waals surface area contributed by atoms with E-state index < -0.39 is 23.9 Å². The van der Waals surface area contributed by atoms with Crippen molar-refractivity contribution in [2.24, 2.45) is 0 Å². The third-order valence-corrected chi connectivity index (χ3v) is 4.13. The molecule has 1 aromatic carbocycles. The number of carbonyl (C=O) groups excluding carboxylic acids is 3. The number of rotatable bonds is 8. The van der Waals surface area contributed by atoms with Crippen molar-refractivity contribution in [1.29, 1.82) is 0 Å². The average Bonchev–Trinajstić information content (AvgIpc) is 2.95. The van der Waals surface area contributed by atoms with Crippen molar-refractivity contribution < 1.29 is 23.9 Å². The van der Waals surface area contributed by atoms with Crippen LogP contribution in [-0.4, -0.2) is 46.9 Å². The summed E-state index contributed by atoms with van der Waals surface area (Å²) in [5.74, 6) is -2.18. The molecule has 8 nitrogen and oxygen atoms in total. The number of nitrogens with one attached hydrogen (secondary N) is 1. The lowest BCUT2D eigenvalue weighted by Gasteiger charge is -2.16. The number of amides is 1. The highest BCUT2D eigenvalue weighted by Crippen LogP contribution is 2.18. The van der Waals surface area contributed by atoms with Crippen LogP contribution in [0.4, 0.5) is 0 Å². The standard InChI is InChI=1S/C20H25N3O5/c1-5-27-19(25)18(20(26)28-6-2)21-17(24)12-16-13(3)22-23(14(16)4)15-10-8-7-9-11-15/h7-11,18H,5-6,12H2,1-4H3,(H,21,24). The molecule has 2 aromatic rings. The van der Waals surface area contributed by atoms with Crippen LogP contribution in [0.3, 0.4) is 0 Å². The number of aryl methyl sites for hydroxylation is 1. The predicted molar refractivity (Wildman–Crippen MR) is 102 cm³/mol. The molecule has 0 fully saturated rings. The second kappa shape index (κ2) is 9.68. The maximum absolute atomic E-state index is 12.5. The van der Waals surface area contributed by atoms with E-state index in [1.54, 1.807) is 18.5 Å². The molecule has 0 aliphatic carbocycles. The van der Waals surface area contributed by atoms with Crippen molar-refractivity contribution >= 4 is 17.8 Å². The Kier molecular flexibility index (Phi) is 7.31. The maximum Gasteiger partial charge on any atom is 0.340 e.